The molecule has 1 rings (SSSR count). The summed E-state index contributed by atoms with van der Waals surface area (Å²) in [5.74, 6) is 1.01. The van der Waals surface area contributed by atoms with Crippen LogP contribution in [-0.4, -0.2) is 32.2 Å². The molecule has 5 nitrogen and oxygen atoms in total. The second-order valence-corrected chi connectivity index (χ2v) is 3.03. The molecule has 3 N–H and O–H groups in total. The summed E-state index contributed by atoms with van der Waals surface area (Å²) in [5, 5.41) is 16.7. The van der Waals surface area contributed by atoms with Crippen LogP contribution in [0, 0.1) is 0 Å². The summed E-state index contributed by atoms with van der Waals surface area (Å²) in [5.41, 5.74) is 5.43. The van der Waals surface area contributed by atoms with Crippen LogP contribution in [0.3, 0.4) is 0 Å². The van der Waals surface area contributed by atoms with E-state index >= 15 is 0 Å². The molecule has 0 radical (unpaired) electrons. The summed E-state index contributed by atoms with van der Waals surface area (Å²) in [6.45, 7) is 0.136. The predicted octanol–water partition coefficient (Wildman–Crippen LogP) is -0.518. The third-order valence-corrected chi connectivity index (χ3v) is 2.19. The summed E-state index contributed by atoms with van der Waals surface area (Å²) < 4.78 is 1.68. The monoisotopic (exact) mass is 174 g/mol. The predicted molar refractivity (Wildman–Crippen MR) is 43.2 cm³/mol. The van der Waals surface area contributed by atoms with Crippen molar-refractivity contribution >= 4 is 17.7 Å². The van der Waals surface area contributed by atoms with Crippen LogP contribution in [0.15, 0.2) is 5.16 Å². The maximum Gasteiger partial charge on any atom is 0.222 e. The van der Waals surface area contributed by atoms with Crippen molar-refractivity contribution in [1.29, 1.82) is 0 Å². The van der Waals surface area contributed by atoms with E-state index < -0.39 is 0 Å². The van der Waals surface area contributed by atoms with Crippen molar-refractivity contribution in [2.75, 3.05) is 18.1 Å². The molecular weight excluding hydrogens is 164 g/mol. The first-order valence-corrected chi connectivity index (χ1v) is 4.12. The molecule has 0 atom stereocenters. The number of nitrogen functional groups attached to an aromatic ring is 1. The van der Waals surface area contributed by atoms with E-state index in [1.807, 2.05) is 0 Å². The molecule has 0 aliphatic carbocycles. The number of aliphatic hydroxyl groups excluding tert-OH is 1. The lowest BCUT2D eigenvalue weighted by Crippen LogP contribution is -1.98. The van der Waals surface area contributed by atoms with Gasteiger partial charge in [0.25, 0.3) is 0 Å². The molecule has 0 fully saturated rings. The van der Waals surface area contributed by atoms with E-state index in [-0.39, 0.29) is 6.61 Å². The van der Waals surface area contributed by atoms with Crippen LogP contribution in [-0.2, 0) is 7.05 Å². The third-order valence-electron chi connectivity index (χ3n) is 1.19. The number of aliphatic hydroxyl groups is 1. The standard InChI is InChI=1S/C5H10N4OS/c1-9-4(6)7-8-5(9)11-3-2-10/h10H,2-3H2,1H3,(H2,6,7). The number of anilines is 1. The highest BCUT2D eigenvalue weighted by Gasteiger charge is 2.04. The number of nitrogens with two attached hydrogens (primary N) is 1. The van der Waals surface area contributed by atoms with Crippen LogP contribution in [0.1, 0.15) is 0 Å². The second-order valence-electron chi connectivity index (χ2n) is 1.97. The zero-order valence-corrected chi connectivity index (χ0v) is 7.01. The molecule has 0 aromatic carbocycles. The van der Waals surface area contributed by atoms with Gasteiger partial charge < -0.3 is 10.8 Å². The van der Waals surface area contributed by atoms with Crippen LogP contribution >= 0.6 is 11.8 Å². The zero-order valence-electron chi connectivity index (χ0n) is 6.19. The van der Waals surface area contributed by atoms with Crippen molar-refractivity contribution in [2.45, 2.75) is 5.16 Å². The molecule has 0 aliphatic rings. The lowest BCUT2D eigenvalue weighted by Gasteiger charge is -1.97. The van der Waals surface area contributed by atoms with Gasteiger partial charge >= 0.3 is 0 Å². The normalized spacial score (nSPS) is 10.4. The van der Waals surface area contributed by atoms with Gasteiger partial charge in [-0.2, -0.15) is 0 Å². The molecule has 0 aliphatic heterocycles. The zero-order chi connectivity index (χ0) is 8.27. The summed E-state index contributed by atoms with van der Waals surface area (Å²) in [7, 11) is 1.79. The molecule has 1 heterocycles. The number of hydrogen-bond acceptors (Lipinski definition) is 5. The molecule has 0 saturated carbocycles. The minimum atomic E-state index is 0.136. The van der Waals surface area contributed by atoms with Crippen molar-refractivity contribution in [3.8, 4) is 0 Å². The van der Waals surface area contributed by atoms with Gasteiger partial charge in [0.1, 0.15) is 0 Å². The highest BCUT2D eigenvalue weighted by molar-refractivity contribution is 7.99. The molecular formula is C5H10N4OS. The van der Waals surface area contributed by atoms with Gasteiger partial charge in [-0.3, -0.25) is 4.57 Å². The molecule has 0 bridgehead atoms. The fourth-order valence-electron chi connectivity index (χ4n) is 0.589. The first-order chi connectivity index (χ1) is 5.25. The largest absolute Gasteiger partial charge is 0.396 e. The quantitative estimate of drug-likeness (QED) is 0.603. The summed E-state index contributed by atoms with van der Waals surface area (Å²) >= 11 is 1.43. The number of nitrogens with zero attached hydrogens (tertiary/aromatic N) is 3. The average molecular weight is 174 g/mol. The maximum atomic E-state index is 8.52. The van der Waals surface area contributed by atoms with Crippen LogP contribution in [0.2, 0.25) is 0 Å². The van der Waals surface area contributed by atoms with Gasteiger partial charge in [0.15, 0.2) is 5.16 Å². The molecule has 62 valence electrons. The molecule has 0 amide bonds. The smallest absolute Gasteiger partial charge is 0.222 e. The lowest BCUT2D eigenvalue weighted by atomic mass is 10.9. The Morgan fingerprint density at radius 1 is 1.64 bits per heavy atom. The van der Waals surface area contributed by atoms with Crippen LogP contribution < -0.4 is 5.73 Å². The van der Waals surface area contributed by atoms with E-state index in [2.05, 4.69) is 10.2 Å². The van der Waals surface area contributed by atoms with Gasteiger partial charge in [-0.05, 0) is 0 Å². The molecule has 0 unspecified atom stereocenters. The van der Waals surface area contributed by atoms with Crippen molar-refractivity contribution in [3.05, 3.63) is 0 Å². The molecule has 1 aromatic heterocycles. The van der Waals surface area contributed by atoms with E-state index in [4.69, 9.17) is 10.8 Å². The Bertz CT molecular complexity index is 236. The Kier molecular flexibility index (Phi) is 2.72. The van der Waals surface area contributed by atoms with Crippen LogP contribution in [0.4, 0.5) is 5.95 Å². The highest BCUT2D eigenvalue weighted by atomic mass is 32.2. The fourth-order valence-corrected chi connectivity index (χ4v) is 1.25. The van der Waals surface area contributed by atoms with E-state index in [1.54, 1.807) is 11.6 Å². The molecule has 6 heteroatoms. The first kappa shape index (κ1) is 8.35. The summed E-state index contributed by atoms with van der Waals surface area (Å²) in [6, 6.07) is 0. The first-order valence-electron chi connectivity index (χ1n) is 3.14. The SMILES string of the molecule is Cn1c(N)nnc1SCCO. The number of thioether (sulfide) groups is 1. The third kappa shape index (κ3) is 1.84. The minimum absolute atomic E-state index is 0.136. The van der Waals surface area contributed by atoms with Crippen LogP contribution in [0.25, 0.3) is 0 Å². The molecule has 0 saturated heterocycles. The lowest BCUT2D eigenvalue weighted by molar-refractivity contribution is 0.322. The van der Waals surface area contributed by atoms with E-state index in [0.29, 0.717) is 11.7 Å². The van der Waals surface area contributed by atoms with Crippen LogP contribution in [0.5, 0.6) is 0 Å². The van der Waals surface area contributed by atoms with Crippen molar-refractivity contribution in [1.82, 2.24) is 14.8 Å². The van der Waals surface area contributed by atoms with Crippen molar-refractivity contribution < 1.29 is 5.11 Å². The van der Waals surface area contributed by atoms with Gasteiger partial charge in [0, 0.05) is 12.8 Å². The molecule has 11 heavy (non-hydrogen) atoms. The molecule has 0 spiro atoms. The topological polar surface area (TPSA) is 77.0 Å². The Morgan fingerprint density at radius 3 is 2.82 bits per heavy atom. The second kappa shape index (κ2) is 3.59. The fraction of sp³-hybridized carbons (Fsp3) is 0.600. The van der Waals surface area contributed by atoms with E-state index in [9.17, 15) is 0 Å². The number of rotatable bonds is 3. The minimum Gasteiger partial charge on any atom is -0.396 e. The van der Waals surface area contributed by atoms with Crippen molar-refractivity contribution in [3.63, 3.8) is 0 Å². The Morgan fingerprint density at radius 2 is 2.36 bits per heavy atom. The van der Waals surface area contributed by atoms with Gasteiger partial charge in [-0.25, -0.2) is 0 Å². The Balaban J connectivity index is 2.63. The van der Waals surface area contributed by atoms with E-state index in [1.165, 1.54) is 11.8 Å². The van der Waals surface area contributed by atoms with Crippen molar-refractivity contribution in [2.24, 2.45) is 7.05 Å². The summed E-state index contributed by atoms with van der Waals surface area (Å²) in [4.78, 5) is 0. The average Bonchev–Trinajstić information content (AvgIpc) is 2.31. The summed E-state index contributed by atoms with van der Waals surface area (Å²) in [6.07, 6.45) is 0. The van der Waals surface area contributed by atoms with E-state index in [0.717, 1.165) is 5.16 Å². The number of hydrogen-bond donors (Lipinski definition) is 2. The highest BCUT2D eigenvalue weighted by Crippen LogP contribution is 2.14. The van der Waals surface area contributed by atoms with Gasteiger partial charge in [-0.15, -0.1) is 10.2 Å². The number of aromatic nitrogens is 3. The molecule has 1 aromatic rings. The Labute approximate surface area is 68.6 Å². The van der Waals surface area contributed by atoms with Gasteiger partial charge in [-0.1, -0.05) is 11.8 Å². The Hall–Kier alpha value is -0.750. The van der Waals surface area contributed by atoms with Gasteiger partial charge in [0.05, 0.1) is 6.61 Å². The van der Waals surface area contributed by atoms with Gasteiger partial charge in [0.2, 0.25) is 5.95 Å². The maximum absolute atomic E-state index is 8.52.